The summed E-state index contributed by atoms with van der Waals surface area (Å²) in [6.07, 6.45) is 7.76. The normalized spacial score (nSPS) is 14.5. The summed E-state index contributed by atoms with van der Waals surface area (Å²) in [5, 5.41) is 14.4. The zero-order chi connectivity index (χ0) is 18.7. The number of nitrogen functional groups attached to an aromatic ring is 1. The molecule has 27 heavy (non-hydrogen) atoms. The number of nitrogens with zero attached hydrogens (tertiary/aromatic N) is 6. The van der Waals surface area contributed by atoms with Crippen LogP contribution in [0.15, 0.2) is 29.2 Å². The third-order valence-electron chi connectivity index (χ3n) is 5.02. The molecule has 1 aliphatic carbocycles. The van der Waals surface area contributed by atoms with Crippen molar-refractivity contribution >= 4 is 16.7 Å². The number of hydrogen-bond acceptors (Lipinski definition) is 6. The number of fused-ring (bicyclic) bond motifs is 1. The van der Waals surface area contributed by atoms with E-state index in [4.69, 9.17) is 15.4 Å². The van der Waals surface area contributed by atoms with Gasteiger partial charge in [-0.1, -0.05) is 5.16 Å². The summed E-state index contributed by atoms with van der Waals surface area (Å²) in [5.74, 6) is 1.77. The van der Waals surface area contributed by atoms with E-state index in [0.29, 0.717) is 23.1 Å². The fourth-order valence-electron chi connectivity index (χ4n) is 3.59. The summed E-state index contributed by atoms with van der Waals surface area (Å²) < 4.78 is 9.54. The number of rotatable bonds is 4. The molecule has 0 aliphatic heterocycles. The summed E-state index contributed by atoms with van der Waals surface area (Å²) in [6, 6.07) is 2.12. The van der Waals surface area contributed by atoms with Crippen molar-refractivity contribution < 1.29 is 4.52 Å². The first-order chi connectivity index (χ1) is 13.0. The van der Waals surface area contributed by atoms with Crippen LogP contribution in [0.2, 0.25) is 0 Å². The van der Waals surface area contributed by atoms with E-state index in [2.05, 4.69) is 29.1 Å². The molecule has 1 saturated carbocycles. The molecule has 1 aliphatic rings. The van der Waals surface area contributed by atoms with Gasteiger partial charge in [0, 0.05) is 37.0 Å². The van der Waals surface area contributed by atoms with Crippen molar-refractivity contribution in [3.05, 3.63) is 30.4 Å². The molecule has 0 radical (unpaired) electrons. The molecule has 5 rings (SSSR count). The zero-order valence-corrected chi connectivity index (χ0v) is 15.5. The molecule has 0 bridgehead atoms. The van der Waals surface area contributed by atoms with E-state index in [9.17, 15) is 0 Å². The van der Waals surface area contributed by atoms with Crippen LogP contribution in [0.25, 0.3) is 33.4 Å². The smallest absolute Gasteiger partial charge is 0.148 e. The Labute approximate surface area is 156 Å². The van der Waals surface area contributed by atoms with Gasteiger partial charge >= 0.3 is 0 Å². The van der Waals surface area contributed by atoms with E-state index in [1.54, 1.807) is 10.9 Å². The van der Waals surface area contributed by atoms with Crippen molar-refractivity contribution in [2.45, 2.75) is 38.6 Å². The topological polar surface area (TPSA) is 101 Å². The van der Waals surface area contributed by atoms with Crippen LogP contribution in [0, 0.1) is 0 Å². The maximum absolute atomic E-state index is 6.24. The van der Waals surface area contributed by atoms with E-state index in [0.717, 1.165) is 40.6 Å². The summed E-state index contributed by atoms with van der Waals surface area (Å²) >= 11 is 0. The van der Waals surface area contributed by atoms with Crippen LogP contribution in [0.1, 0.15) is 44.4 Å². The molecule has 0 spiro atoms. The molecular formula is C19H21N7O. The number of aryl methyl sites for hydroxylation is 1. The quantitative estimate of drug-likeness (QED) is 0.595. The van der Waals surface area contributed by atoms with Crippen LogP contribution in [0.4, 0.5) is 5.82 Å². The highest BCUT2D eigenvalue weighted by atomic mass is 16.5. The molecule has 138 valence electrons. The van der Waals surface area contributed by atoms with E-state index >= 15 is 0 Å². The van der Waals surface area contributed by atoms with E-state index < -0.39 is 0 Å². The lowest BCUT2D eigenvalue weighted by Crippen LogP contribution is -2.02. The molecule has 0 saturated heterocycles. The molecule has 8 nitrogen and oxygen atoms in total. The second-order valence-electron chi connectivity index (χ2n) is 7.42. The molecule has 0 amide bonds. The van der Waals surface area contributed by atoms with Gasteiger partial charge in [0.25, 0.3) is 0 Å². The van der Waals surface area contributed by atoms with Crippen molar-refractivity contribution in [2.75, 3.05) is 5.73 Å². The Morgan fingerprint density at radius 2 is 2.07 bits per heavy atom. The fourth-order valence-corrected chi connectivity index (χ4v) is 3.59. The lowest BCUT2D eigenvalue weighted by atomic mass is 10.0. The number of aromatic nitrogens is 6. The monoisotopic (exact) mass is 363 g/mol. The number of hydrogen-bond donors (Lipinski definition) is 1. The lowest BCUT2D eigenvalue weighted by Gasteiger charge is -2.06. The minimum Gasteiger partial charge on any atom is -0.383 e. The van der Waals surface area contributed by atoms with Gasteiger partial charge in [-0.3, -0.25) is 9.36 Å². The highest BCUT2D eigenvalue weighted by molar-refractivity contribution is 6.02. The van der Waals surface area contributed by atoms with Crippen molar-refractivity contribution in [1.82, 2.24) is 29.7 Å². The van der Waals surface area contributed by atoms with Gasteiger partial charge in [-0.15, -0.1) is 0 Å². The van der Waals surface area contributed by atoms with Crippen molar-refractivity contribution in [3.8, 4) is 22.5 Å². The van der Waals surface area contributed by atoms with Gasteiger partial charge in [-0.2, -0.15) is 10.2 Å². The maximum Gasteiger partial charge on any atom is 0.148 e. The standard InChI is InChI=1S/C19H21N7O/c1-10(2)26-13-6-7-21-19(20)15(13)16(23-26)17-14(12-8-22-25(3)9-12)18(27-24-17)11-4-5-11/h6-11H,4-5H2,1-3H3,(H2,20,21). The summed E-state index contributed by atoms with van der Waals surface area (Å²) in [5.41, 5.74) is 10.5. The first kappa shape index (κ1) is 16.0. The van der Waals surface area contributed by atoms with Crippen LogP contribution < -0.4 is 5.73 Å². The van der Waals surface area contributed by atoms with Gasteiger partial charge in [0.15, 0.2) is 0 Å². The first-order valence-corrected chi connectivity index (χ1v) is 9.16. The molecule has 4 heterocycles. The lowest BCUT2D eigenvalue weighted by molar-refractivity contribution is 0.386. The SMILES string of the molecule is CC(C)n1nc(-c2noc(C3CC3)c2-c2cnn(C)c2)c2c(N)nccc21. The van der Waals surface area contributed by atoms with Gasteiger partial charge in [0.1, 0.15) is 23.0 Å². The highest BCUT2D eigenvalue weighted by Gasteiger charge is 2.35. The van der Waals surface area contributed by atoms with Crippen molar-refractivity contribution in [1.29, 1.82) is 0 Å². The van der Waals surface area contributed by atoms with Crippen LogP contribution in [-0.4, -0.2) is 29.7 Å². The van der Waals surface area contributed by atoms with Gasteiger partial charge in [-0.25, -0.2) is 4.98 Å². The third kappa shape index (κ3) is 2.43. The minimum atomic E-state index is 0.180. The van der Waals surface area contributed by atoms with Crippen molar-refractivity contribution in [2.24, 2.45) is 7.05 Å². The van der Waals surface area contributed by atoms with Crippen LogP contribution in [-0.2, 0) is 7.05 Å². The van der Waals surface area contributed by atoms with Crippen LogP contribution in [0.5, 0.6) is 0 Å². The molecule has 0 atom stereocenters. The average Bonchev–Trinajstić information content (AvgIpc) is 3.06. The van der Waals surface area contributed by atoms with Gasteiger partial charge < -0.3 is 10.3 Å². The fraction of sp³-hybridized carbons (Fsp3) is 0.368. The van der Waals surface area contributed by atoms with E-state index in [1.165, 1.54) is 0 Å². The maximum atomic E-state index is 6.24. The molecule has 1 fully saturated rings. The average molecular weight is 363 g/mol. The predicted molar refractivity (Wildman–Crippen MR) is 102 cm³/mol. The molecule has 2 N–H and O–H groups in total. The molecular weight excluding hydrogens is 342 g/mol. The number of anilines is 1. The molecule has 8 heteroatoms. The second kappa shape index (κ2) is 5.67. The molecule has 0 unspecified atom stereocenters. The van der Waals surface area contributed by atoms with Crippen LogP contribution in [0.3, 0.4) is 0 Å². The van der Waals surface area contributed by atoms with E-state index in [-0.39, 0.29) is 6.04 Å². The van der Waals surface area contributed by atoms with Crippen molar-refractivity contribution in [3.63, 3.8) is 0 Å². The zero-order valence-electron chi connectivity index (χ0n) is 15.5. The van der Waals surface area contributed by atoms with Gasteiger partial charge in [0.05, 0.1) is 22.7 Å². The number of nitrogens with two attached hydrogens (primary N) is 1. The number of pyridine rings is 1. The van der Waals surface area contributed by atoms with E-state index in [1.807, 2.05) is 30.2 Å². The Morgan fingerprint density at radius 3 is 2.74 bits per heavy atom. The summed E-state index contributed by atoms with van der Waals surface area (Å²) in [7, 11) is 1.90. The Balaban J connectivity index is 1.81. The molecule has 4 aromatic rings. The Hall–Kier alpha value is -3.16. The Bertz CT molecular complexity index is 1150. The molecule has 0 aromatic carbocycles. The van der Waals surface area contributed by atoms with Gasteiger partial charge in [-0.05, 0) is 32.8 Å². The summed E-state index contributed by atoms with van der Waals surface area (Å²) in [6.45, 7) is 4.18. The molecule has 4 aromatic heterocycles. The highest BCUT2D eigenvalue weighted by Crippen LogP contribution is 2.48. The third-order valence-corrected chi connectivity index (χ3v) is 5.02. The predicted octanol–water partition coefficient (Wildman–Crippen LogP) is 3.53. The summed E-state index contributed by atoms with van der Waals surface area (Å²) in [4.78, 5) is 4.28. The largest absolute Gasteiger partial charge is 0.383 e. The Kier molecular flexibility index (Phi) is 3.37. The minimum absolute atomic E-state index is 0.180. The first-order valence-electron chi connectivity index (χ1n) is 9.16. The second-order valence-corrected chi connectivity index (χ2v) is 7.42. The van der Waals surface area contributed by atoms with Crippen LogP contribution >= 0.6 is 0 Å². The van der Waals surface area contributed by atoms with Gasteiger partial charge in [0.2, 0.25) is 0 Å². The Morgan fingerprint density at radius 1 is 1.26 bits per heavy atom.